The first kappa shape index (κ1) is 20.3. The fraction of sp³-hybridized carbons (Fsp3) is 0.174. The van der Waals surface area contributed by atoms with Crippen molar-refractivity contribution in [3.8, 4) is 16.1 Å². The van der Waals surface area contributed by atoms with Crippen molar-refractivity contribution in [3.05, 3.63) is 71.4 Å². The highest BCUT2D eigenvalue weighted by Gasteiger charge is 2.37. The summed E-state index contributed by atoms with van der Waals surface area (Å²) in [6.45, 7) is 4.57. The van der Waals surface area contributed by atoms with Crippen LogP contribution < -0.4 is 0 Å². The van der Waals surface area contributed by atoms with Gasteiger partial charge in [-0.1, -0.05) is 12.1 Å². The van der Waals surface area contributed by atoms with E-state index in [9.17, 15) is 9.59 Å². The van der Waals surface area contributed by atoms with E-state index in [2.05, 4.69) is 28.8 Å². The predicted molar refractivity (Wildman–Crippen MR) is 124 cm³/mol. The second-order valence-corrected chi connectivity index (χ2v) is 8.26. The Kier molecular flexibility index (Phi) is 5.65. The third-order valence-electron chi connectivity index (χ3n) is 5.01. The Hall–Kier alpha value is -3.03. The van der Waals surface area contributed by atoms with Gasteiger partial charge in [0.05, 0.1) is 0 Å². The van der Waals surface area contributed by atoms with Gasteiger partial charge in [-0.05, 0) is 74.1 Å². The maximum absolute atomic E-state index is 12.8. The maximum Gasteiger partial charge on any atom is 0.265 e. The van der Waals surface area contributed by atoms with E-state index < -0.39 is 0 Å². The van der Waals surface area contributed by atoms with Crippen LogP contribution >= 0.6 is 23.6 Å². The molecule has 30 heavy (non-hydrogen) atoms. The van der Waals surface area contributed by atoms with Gasteiger partial charge in [-0.25, -0.2) is 0 Å². The number of thiocarbonyl (C=S) groups is 1. The Morgan fingerprint density at radius 2 is 1.50 bits per heavy atom. The standard InChI is InChI=1S/C23H21N3O2S2/c1-3-25-21(27)19(22(28)26(4-2)23(25)29)15-18-11-12-20(30-18)16-7-9-17(10-8-16)24-13-5-6-14-24/h5-15H,3-4H2,1-2H3. The number of aromatic nitrogens is 1. The Morgan fingerprint density at radius 3 is 2.07 bits per heavy atom. The summed E-state index contributed by atoms with van der Waals surface area (Å²) in [5.74, 6) is -0.661. The van der Waals surface area contributed by atoms with Gasteiger partial charge in [-0.3, -0.25) is 19.4 Å². The third-order valence-corrected chi connectivity index (χ3v) is 6.54. The monoisotopic (exact) mass is 435 g/mol. The molecule has 0 aliphatic carbocycles. The zero-order chi connectivity index (χ0) is 21.3. The molecule has 1 saturated heterocycles. The number of nitrogens with zero attached hydrogens (tertiary/aromatic N) is 3. The molecule has 0 spiro atoms. The first-order valence-electron chi connectivity index (χ1n) is 9.76. The van der Waals surface area contributed by atoms with Crippen LogP contribution in [0.4, 0.5) is 0 Å². The predicted octanol–water partition coefficient (Wildman–Crippen LogP) is 4.58. The summed E-state index contributed by atoms with van der Waals surface area (Å²) >= 11 is 6.86. The van der Waals surface area contributed by atoms with Crippen molar-refractivity contribution in [1.82, 2.24) is 14.4 Å². The zero-order valence-electron chi connectivity index (χ0n) is 16.7. The van der Waals surface area contributed by atoms with Crippen LogP contribution in [0.3, 0.4) is 0 Å². The minimum atomic E-state index is -0.330. The van der Waals surface area contributed by atoms with E-state index in [0.29, 0.717) is 13.1 Å². The van der Waals surface area contributed by atoms with E-state index >= 15 is 0 Å². The van der Waals surface area contributed by atoms with E-state index in [1.165, 1.54) is 9.80 Å². The molecule has 4 rings (SSSR count). The van der Waals surface area contributed by atoms with Crippen LogP contribution in [-0.2, 0) is 9.59 Å². The summed E-state index contributed by atoms with van der Waals surface area (Å²) in [5.41, 5.74) is 2.34. The molecule has 7 heteroatoms. The first-order chi connectivity index (χ1) is 14.5. The second-order valence-electron chi connectivity index (χ2n) is 6.78. The van der Waals surface area contributed by atoms with Crippen LogP contribution in [0, 0.1) is 0 Å². The number of carbonyl (C=O) groups is 2. The second kappa shape index (κ2) is 8.38. The van der Waals surface area contributed by atoms with Crippen LogP contribution in [0.2, 0.25) is 0 Å². The molecule has 0 atom stereocenters. The maximum atomic E-state index is 12.8. The van der Waals surface area contributed by atoms with E-state index in [1.807, 2.05) is 50.5 Å². The largest absolute Gasteiger partial charge is 0.324 e. The van der Waals surface area contributed by atoms with Gasteiger partial charge < -0.3 is 4.57 Å². The molecule has 0 saturated carbocycles. The summed E-state index contributed by atoms with van der Waals surface area (Å²) < 4.78 is 2.05. The normalized spacial score (nSPS) is 14.6. The summed E-state index contributed by atoms with van der Waals surface area (Å²) in [4.78, 5) is 30.5. The van der Waals surface area contributed by atoms with Gasteiger partial charge in [-0.2, -0.15) is 0 Å². The lowest BCUT2D eigenvalue weighted by Crippen LogP contribution is -2.55. The molecule has 1 aliphatic heterocycles. The molecule has 0 bridgehead atoms. The molecule has 0 unspecified atom stereocenters. The number of benzene rings is 1. The van der Waals surface area contributed by atoms with Crippen LogP contribution in [0.5, 0.6) is 0 Å². The van der Waals surface area contributed by atoms with Crippen LogP contribution in [0.25, 0.3) is 22.2 Å². The van der Waals surface area contributed by atoms with E-state index in [0.717, 1.165) is 21.0 Å². The minimum Gasteiger partial charge on any atom is -0.324 e. The Bertz CT molecular complexity index is 1100. The molecule has 1 fully saturated rings. The Labute approximate surface area is 184 Å². The smallest absolute Gasteiger partial charge is 0.265 e. The van der Waals surface area contributed by atoms with E-state index in [4.69, 9.17) is 12.2 Å². The van der Waals surface area contributed by atoms with E-state index in [1.54, 1.807) is 17.4 Å². The number of rotatable bonds is 5. The van der Waals surface area contributed by atoms with Crippen molar-refractivity contribution in [1.29, 1.82) is 0 Å². The van der Waals surface area contributed by atoms with Gasteiger partial charge in [0.15, 0.2) is 5.11 Å². The van der Waals surface area contributed by atoms with Crippen molar-refractivity contribution in [2.24, 2.45) is 0 Å². The molecular weight excluding hydrogens is 414 g/mol. The first-order valence-corrected chi connectivity index (χ1v) is 11.0. The third kappa shape index (κ3) is 3.62. The summed E-state index contributed by atoms with van der Waals surface area (Å²) in [6.07, 6.45) is 5.70. The Morgan fingerprint density at radius 1 is 0.900 bits per heavy atom. The molecule has 0 N–H and O–H groups in total. The summed E-state index contributed by atoms with van der Waals surface area (Å²) in [5, 5.41) is 0.279. The molecule has 3 heterocycles. The number of carbonyl (C=O) groups excluding carboxylic acids is 2. The summed E-state index contributed by atoms with van der Waals surface area (Å²) in [7, 11) is 0. The van der Waals surface area contributed by atoms with Gasteiger partial charge in [0.1, 0.15) is 5.57 Å². The number of amides is 2. The average molecular weight is 436 g/mol. The molecule has 152 valence electrons. The SMILES string of the molecule is CCN1C(=O)C(=Cc2ccc(-c3ccc(-n4cccc4)cc3)s2)C(=O)N(CC)C1=S. The molecule has 1 aliphatic rings. The lowest BCUT2D eigenvalue weighted by Gasteiger charge is -2.35. The van der Waals surface area contributed by atoms with Gasteiger partial charge in [0.25, 0.3) is 11.8 Å². The van der Waals surface area contributed by atoms with Crippen molar-refractivity contribution in [2.45, 2.75) is 13.8 Å². The van der Waals surface area contributed by atoms with E-state index in [-0.39, 0.29) is 22.5 Å². The highest BCUT2D eigenvalue weighted by molar-refractivity contribution is 7.80. The van der Waals surface area contributed by atoms with Crippen LogP contribution in [-0.4, -0.2) is 44.4 Å². The number of hydrogen-bond donors (Lipinski definition) is 0. The molecule has 0 radical (unpaired) electrons. The van der Waals surface area contributed by atoms with Crippen LogP contribution in [0.15, 0.2) is 66.5 Å². The average Bonchev–Trinajstić information content (AvgIpc) is 3.44. The molecule has 3 aromatic rings. The number of likely N-dealkylation sites (N-methyl/N-ethyl adjacent to an activating group) is 2. The fourth-order valence-electron chi connectivity index (χ4n) is 3.42. The zero-order valence-corrected chi connectivity index (χ0v) is 18.4. The molecule has 1 aromatic carbocycles. The topological polar surface area (TPSA) is 45.6 Å². The van der Waals surface area contributed by atoms with Gasteiger partial charge in [0, 0.05) is 40.9 Å². The fourth-order valence-corrected chi connectivity index (χ4v) is 4.80. The van der Waals surface area contributed by atoms with Crippen molar-refractivity contribution < 1.29 is 9.59 Å². The van der Waals surface area contributed by atoms with Crippen LogP contribution in [0.1, 0.15) is 18.7 Å². The molecular formula is C23H21N3O2S2. The quantitative estimate of drug-likeness (QED) is 0.335. The number of thiophene rings is 1. The molecule has 2 amide bonds. The lowest BCUT2D eigenvalue weighted by atomic mass is 10.1. The van der Waals surface area contributed by atoms with Crippen molar-refractivity contribution >= 4 is 46.6 Å². The highest BCUT2D eigenvalue weighted by atomic mass is 32.1. The molecule has 5 nitrogen and oxygen atoms in total. The van der Waals surface area contributed by atoms with Gasteiger partial charge in [0.2, 0.25) is 0 Å². The number of hydrogen-bond acceptors (Lipinski definition) is 4. The Balaban J connectivity index is 1.62. The van der Waals surface area contributed by atoms with Crippen molar-refractivity contribution in [2.75, 3.05) is 13.1 Å². The highest BCUT2D eigenvalue weighted by Crippen LogP contribution is 2.31. The van der Waals surface area contributed by atoms with Gasteiger partial charge >= 0.3 is 0 Å². The van der Waals surface area contributed by atoms with Crippen molar-refractivity contribution in [3.63, 3.8) is 0 Å². The molecule has 2 aromatic heterocycles. The van der Waals surface area contributed by atoms with Gasteiger partial charge in [-0.15, -0.1) is 11.3 Å². The minimum absolute atomic E-state index is 0.156. The lowest BCUT2D eigenvalue weighted by molar-refractivity contribution is -0.133. The summed E-state index contributed by atoms with van der Waals surface area (Å²) in [6, 6.07) is 16.2.